The van der Waals surface area contributed by atoms with Crippen LogP contribution in [0.3, 0.4) is 0 Å². The van der Waals surface area contributed by atoms with E-state index in [4.69, 9.17) is 4.74 Å². The maximum absolute atomic E-state index is 9.41. The van der Waals surface area contributed by atoms with Gasteiger partial charge in [-0.1, -0.05) is 13.3 Å². The summed E-state index contributed by atoms with van der Waals surface area (Å²) in [6.07, 6.45) is -1.53. The van der Waals surface area contributed by atoms with Gasteiger partial charge in [0.25, 0.3) is 5.79 Å². The second kappa shape index (κ2) is 4.92. The molecule has 1 saturated heterocycles. The second-order valence-corrected chi connectivity index (χ2v) is 3.91. The fraction of sp³-hybridized carbons (Fsp3) is 1.00. The normalized spacial score (nSPS) is 23.2. The molecular weight excluding hydrogens is 220 g/mol. The lowest BCUT2D eigenvalue weighted by Gasteiger charge is -2.37. The second-order valence-electron chi connectivity index (χ2n) is 3.91. The minimum absolute atomic E-state index is 0.000835. The molecule has 0 aliphatic carbocycles. The Labute approximate surface area is 92.9 Å². The maximum Gasteiger partial charge on any atom is 0.338 e. The number of epoxide rings is 1. The van der Waals surface area contributed by atoms with E-state index >= 15 is 0 Å². The van der Waals surface area contributed by atoms with Gasteiger partial charge in [0.1, 0.15) is 12.2 Å². The minimum Gasteiger partial charge on any atom is -0.387 e. The Kier molecular flexibility index (Phi) is 4.24. The van der Waals surface area contributed by atoms with Crippen LogP contribution in [0.25, 0.3) is 0 Å². The van der Waals surface area contributed by atoms with Crippen LogP contribution in [0.5, 0.6) is 0 Å². The van der Waals surface area contributed by atoms with Gasteiger partial charge in [0, 0.05) is 0 Å². The summed E-state index contributed by atoms with van der Waals surface area (Å²) < 4.78 is 9.26. The van der Waals surface area contributed by atoms with E-state index in [1.807, 2.05) is 0 Å². The first-order valence-corrected chi connectivity index (χ1v) is 5.14. The minimum atomic E-state index is -3.23. The summed E-state index contributed by atoms with van der Waals surface area (Å²) in [7, 11) is 0. The first kappa shape index (κ1) is 13.8. The topological polar surface area (TPSA) is 123 Å². The molecular formula is C9H18O7. The third kappa shape index (κ3) is 3.11. The molecule has 7 nitrogen and oxygen atoms in total. The Bertz CT molecular complexity index is 224. The van der Waals surface area contributed by atoms with E-state index in [0.717, 1.165) is 0 Å². The number of aliphatic hydroxyl groups excluding tert-OH is 1. The zero-order chi connectivity index (χ0) is 12.4. The maximum atomic E-state index is 9.41. The summed E-state index contributed by atoms with van der Waals surface area (Å²) in [5.41, 5.74) is 0. The highest BCUT2D eigenvalue weighted by Gasteiger charge is 2.54. The van der Waals surface area contributed by atoms with Gasteiger partial charge in [-0.05, 0) is 6.42 Å². The van der Waals surface area contributed by atoms with E-state index in [9.17, 15) is 25.5 Å². The van der Waals surface area contributed by atoms with Crippen LogP contribution in [0.1, 0.15) is 19.8 Å². The van der Waals surface area contributed by atoms with Gasteiger partial charge >= 0.3 is 5.97 Å². The number of hydrogen-bond acceptors (Lipinski definition) is 7. The van der Waals surface area contributed by atoms with E-state index in [-0.39, 0.29) is 19.1 Å². The van der Waals surface area contributed by atoms with Gasteiger partial charge in [0.15, 0.2) is 0 Å². The molecule has 1 aliphatic heterocycles. The molecule has 5 N–H and O–H groups in total. The lowest BCUT2D eigenvalue weighted by molar-refractivity contribution is -0.476. The molecule has 0 aromatic rings. The largest absolute Gasteiger partial charge is 0.387 e. The van der Waals surface area contributed by atoms with Crippen molar-refractivity contribution < 1.29 is 35.0 Å². The van der Waals surface area contributed by atoms with Crippen LogP contribution in [0.2, 0.25) is 0 Å². The molecule has 0 aromatic heterocycles. The average molecular weight is 238 g/mol. The molecule has 0 bridgehead atoms. The van der Waals surface area contributed by atoms with E-state index < -0.39 is 17.9 Å². The van der Waals surface area contributed by atoms with Gasteiger partial charge in [0.2, 0.25) is 0 Å². The SMILES string of the molecule is CCCC(O)C(O)(O)C(O)(O)OCC1CO1. The Balaban J connectivity index is 2.54. The molecule has 0 aromatic carbocycles. The highest BCUT2D eigenvalue weighted by molar-refractivity contribution is 4.83. The molecule has 1 fully saturated rings. The molecule has 0 amide bonds. The van der Waals surface area contributed by atoms with E-state index in [0.29, 0.717) is 13.0 Å². The molecule has 16 heavy (non-hydrogen) atoms. The van der Waals surface area contributed by atoms with Crippen LogP contribution in [-0.4, -0.2) is 62.7 Å². The van der Waals surface area contributed by atoms with Crippen LogP contribution in [-0.2, 0) is 9.47 Å². The van der Waals surface area contributed by atoms with Crippen LogP contribution in [0, 0.1) is 0 Å². The van der Waals surface area contributed by atoms with Crippen molar-refractivity contribution in [2.75, 3.05) is 13.2 Å². The molecule has 1 heterocycles. The summed E-state index contributed by atoms with van der Waals surface area (Å²) >= 11 is 0. The van der Waals surface area contributed by atoms with Gasteiger partial charge < -0.3 is 35.0 Å². The Hall–Kier alpha value is -0.280. The first-order chi connectivity index (χ1) is 7.31. The van der Waals surface area contributed by atoms with Crippen LogP contribution >= 0.6 is 0 Å². The van der Waals surface area contributed by atoms with Gasteiger partial charge in [-0.25, -0.2) is 0 Å². The predicted molar refractivity (Wildman–Crippen MR) is 50.9 cm³/mol. The molecule has 1 rings (SSSR count). The van der Waals surface area contributed by atoms with Crippen LogP contribution < -0.4 is 0 Å². The number of hydrogen-bond donors (Lipinski definition) is 5. The molecule has 0 spiro atoms. The van der Waals surface area contributed by atoms with Crippen molar-refractivity contribution in [2.24, 2.45) is 0 Å². The highest BCUT2D eigenvalue weighted by Crippen LogP contribution is 2.26. The van der Waals surface area contributed by atoms with Gasteiger partial charge in [-0.3, -0.25) is 0 Å². The molecule has 2 atom stereocenters. The highest BCUT2D eigenvalue weighted by atomic mass is 16.8. The molecule has 1 aliphatic rings. The summed E-state index contributed by atoms with van der Waals surface area (Å²) in [5.74, 6) is -6.37. The molecule has 7 heteroatoms. The van der Waals surface area contributed by atoms with Crippen molar-refractivity contribution in [1.29, 1.82) is 0 Å². The number of rotatable bonds is 7. The summed E-state index contributed by atoms with van der Waals surface area (Å²) in [6, 6.07) is 0. The molecule has 0 saturated carbocycles. The third-order valence-corrected chi connectivity index (χ3v) is 2.38. The van der Waals surface area contributed by atoms with E-state index in [1.54, 1.807) is 6.92 Å². The van der Waals surface area contributed by atoms with E-state index in [1.165, 1.54) is 0 Å². The third-order valence-electron chi connectivity index (χ3n) is 2.38. The lowest BCUT2D eigenvalue weighted by atomic mass is 10.0. The average Bonchev–Trinajstić information content (AvgIpc) is 2.98. The first-order valence-electron chi connectivity index (χ1n) is 5.14. The van der Waals surface area contributed by atoms with Gasteiger partial charge in [0.05, 0.1) is 13.2 Å². The van der Waals surface area contributed by atoms with E-state index in [2.05, 4.69) is 4.74 Å². The number of ether oxygens (including phenoxy) is 2. The van der Waals surface area contributed by atoms with Gasteiger partial charge in [-0.2, -0.15) is 0 Å². The molecule has 2 unspecified atom stereocenters. The van der Waals surface area contributed by atoms with Crippen molar-refractivity contribution >= 4 is 0 Å². The van der Waals surface area contributed by atoms with Crippen molar-refractivity contribution in [3.63, 3.8) is 0 Å². The van der Waals surface area contributed by atoms with Crippen LogP contribution in [0.4, 0.5) is 0 Å². The Morgan fingerprint density at radius 1 is 1.38 bits per heavy atom. The Morgan fingerprint density at radius 2 is 1.94 bits per heavy atom. The van der Waals surface area contributed by atoms with Crippen molar-refractivity contribution in [1.82, 2.24) is 0 Å². The monoisotopic (exact) mass is 238 g/mol. The standard InChI is InChI=1S/C9H18O7/c1-2-3-7(10)8(11,12)9(13,14)16-5-6-4-15-6/h6-7,10-14H,2-5H2,1H3. The van der Waals surface area contributed by atoms with Gasteiger partial charge in [-0.15, -0.1) is 0 Å². The number of aliphatic hydroxyl groups is 5. The zero-order valence-electron chi connectivity index (χ0n) is 9.04. The predicted octanol–water partition coefficient (Wildman–Crippen LogP) is -2.12. The smallest absolute Gasteiger partial charge is 0.338 e. The fourth-order valence-corrected chi connectivity index (χ4v) is 1.17. The Morgan fingerprint density at radius 3 is 2.38 bits per heavy atom. The summed E-state index contributed by atoms with van der Waals surface area (Å²) in [6.45, 7) is 1.95. The summed E-state index contributed by atoms with van der Waals surface area (Å²) in [5, 5.41) is 46.9. The molecule has 0 radical (unpaired) electrons. The quantitative estimate of drug-likeness (QED) is 0.254. The van der Waals surface area contributed by atoms with Crippen molar-refractivity contribution in [3.8, 4) is 0 Å². The summed E-state index contributed by atoms with van der Waals surface area (Å²) in [4.78, 5) is 0. The van der Waals surface area contributed by atoms with Crippen molar-refractivity contribution in [3.05, 3.63) is 0 Å². The fourth-order valence-electron chi connectivity index (χ4n) is 1.17. The lowest BCUT2D eigenvalue weighted by Crippen LogP contribution is -2.63. The zero-order valence-corrected chi connectivity index (χ0v) is 9.04. The van der Waals surface area contributed by atoms with Crippen LogP contribution in [0.15, 0.2) is 0 Å². The molecule has 96 valence electrons. The van der Waals surface area contributed by atoms with Crippen molar-refractivity contribution in [2.45, 2.75) is 43.7 Å².